The van der Waals surface area contributed by atoms with Crippen LogP contribution in [0.3, 0.4) is 0 Å². The monoisotopic (exact) mass is 278 g/mol. The highest BCUT2D eigenvalue weighted by atomic mass is 35.5. The van der Waals surface area contributed by atoms with Crippen molar-refractivity contribution in [2.24, 2.45) is 0 Å². The van der Waals surface area contributed by atoms with Crippen LogP contribution in [0, 0.1) is 0 Å². The minimum absolute atomic E-state index is 0.607. The Morgan fingerprint density at radius 3 is 2.16 bits per heavy atom. The van der Waals surface area contributed by atoms with E-state index in [0.717, 1.165) is 19.1 Å². The quantitative estimate of drug-likeness (QED) is 0.781. The number of anilines is 1. The lowest BCUT2D eigenvalue weighted by atomic mass is 10.1. The summed E-state index contributed by atoms with van der Waals surface area (Å²) >= 11 is 5.84. The molecule has 1 saturated carbocycles. The van der Waals surface area contributed by atoms with Crippen LogP contribution in [0.25, 0.3) is 0 Å². The van der Waals surface area contributed by atoms with E-state index in [2.05, 4.69) is 34.1 Å². The Hall–Kier alpha value is -0.730. The molecule has 2 nitrogen and oxygen atoms in total. The number of rotatable bonds is 3. The summed E-state index contributed by atoms with van der Waals surface area (Å²) in [5.41, 5.74) is 2.55. The van der Waals surface area contributed by atoms with Crippen LogP contribution in [0.2, 0.25) is 0 Å². The van der Waals surface area contributed by atoms with Gasteiger partial charge in [-0.05, 0) is 30.5 Å². The summed E-state index contributed by atoms with van der Waals surface area (Å²) in [5.74, 6) is 0.607. The highest BCUT2D eigenvalue weighted by Gasteiger charge is 2.25. The second-order valence-electron chi connectivity index (χ2n) is 5.76. The first-order valence-electron chi connectivity index (χ1n) is 7.51. The fourth-order valence-electron chi connectivity index (χ4n) is 3.41. The molecule has 1 aliphatic carbocycles. The standard InChI is InChI=1S/C16H23ClN2/c17-13-14-5-7-16(8-6-14)19-11-9-18(10-12-19)15-3-1-2-4-15/h5-8,15H,1-4,9-13H2. The number of halogens is 1. The molecule has 3 rings (SSSR count). The van der Waals surface area contributed by atoms with Gasteiger partial charge in [0.05, 0.1) is 0 Å². The van der Waals surface area contributed by atoms with Crippen molar-refractivity contribution in [3.8, 4) is 0 Å². The molecular weight excluding hydrogens is 256 g/mol. The maximum atomic E-state index is 5.84. The fraction of sp³-hybridized carbons (Fsp3) is 0.625. The van der Waals surface area contributed by atoms with Gasteiger partial charge in [-0.1, -0.05) is 25.0 Å². The molecule has 1 aliphatic heterocycles. The van der Waals surface area contributed by atoms with Crippen LogP contribution in [-0.2, 0) is 5.88 Å². The van der Waals surface area contributed by atoms with Crippen LogP contribution >= 0.6 is 11.6 Å². The lowest BCUT2D eigenvalue weighted by Crippen LogP contribution is -2.49. The molecule has 0 aromatic heterocycles. The van der Waals surface area contributed by atoms with Gasteiger partial charge in [-0.25, -0.2) is 0 Å². The minimum atomic E-state index is 0.607. The lowest BCUT2D eigenvalue weighted by molar-refractivity contribution is 0.187. The smallest absolute Gasteiger partial charge is 0.0474 e. The maximum absolute atomic E-state index is 5.84. The van der Waals surface area contributed by atoms with E-state index < -0.39 is 0 Å². The molecule has 0 spiro atoms. The Morgan fingerprint density at radius 2 is 1.58 bits per heavy atom. The zero-order valence-corrected chi connectivity index (χ0v) is 12.3. The van der Waals surface area contributed by atoms with E-state index in [0.29, 0.717) is 5.88 Å². The first-order chi connectivity index (χ1) is 9.36. The average molecular weight is 279 g/mol. The van der Waals surface area contributed by atoms with Crippen LogP contribution in [-0.4, -0.2) is 37.1 Å². The van der Waals surface area contributed by atoms with Crippen LogP contribution in [0.4, 0.5) is 5.69 Å². The molecule has 0 bridgehead atoms. The van der Waals surface area contributed by atoms with Crippen LogP contribution in [0.15, 0.2) is 24.3 Å². The highest BCUT2D eigenvalue weighted by molar-refractivity contribution is 6.17. The molecule has 2 aliphatic rings. The van der Waals surface area contributed by atoms with E-state index >= 15 is 0 Å². The summed E-state index contributed by atoms with van der Waals surface area (Å²) in [7, 11) is 0. The van der Waals surface area contributed by atoms with Crippen molar-refractivity contribution < 1.29 is 0 Å². The zero-order chi connectivity index (χ0) is 13.1. The predicted molar refractivity (Wildman–Crippen MR) is 82.0 cm³/mol. The van der Waals surface area contributed by atoms with E-state index in [1.165, 1.54) is 50.0 Å². The Kier molecular flexibility index (Phi) is 4.29. The third-order valence-corrected chi connectivity index (χ3v) is 4.92. The molecule has 1 saturated heterocycles. The maximum Gasteiger partial charge on any atom is 0.0474 e. The van der Waals surface area contributed by atoms with Crippen LogP contribution < -0.4 is 4.90 Å². The number of piperazine rings is 1. The zero-order valence-electron chi connectivity index (χ0n) is 11.5. The SMILES string of the molecule is ClCc1ccc(N2CCN(C3CCCC3)CC2)cc1. The Labute approximate surface area is 121 Å². The average Bonchev–Trinajstić information content (AvgIpc) is 3.02. The molecule has 0 amide bonds. The number of alkyl halides is 1. The molecule has 3 heteroatoms. The third kappa shape index (κ3) is 3.06. The van der Waals surface area contributed by atoms with Gasteiger partial charge in [0.25, 0.3) is 0 Å². The van der Waals surface area contributed by atoms with Gasteiger partial charge in [0.1, 0.15) is 0 Å². The summed E-state index contributed by atoms with van der Waals surface area (Å²) in [6, 6.07) is 9.59. The molecule has 1 aromatic rings. The summed E-state index contributed by atoms with van der Waals surface area (Å²) in [4.78, 5) is 5.21. The molecule has 1 heterocycles. The van der Waals surface area contributed by atoms with Gasteiger partial charge < -0.3 is 4.90 Å². The normalized spacial score (nSPS) is 22.1. The minimum Gasteiger partial charge on any atom is -0.369 e. The van der Waals surface area contributed by atoms with E-state index in [9.17, 15) is 0 Å². The van der Waals surface area contributed by atoms with Crippen LogP contribution in [0.5, 0.6) is 0 Å². The Bertz CT molecular complexity index is 390. The van der Waals surface area contributed by atoms with Gasteiger partial charge in [-0.15, -0.1) is 11.6 Å². The molecule has 104 valence electrons. The van der Waals surface area contributed by atoms with Gasteiger partial charge in [0.15, 0.2) is 0 Å². The molecule has 0 N–H and O–H groups in total. The number of hydrogen-bond acceptors (Lipinski definition) is 2. The van der Waals surface area contributed by atoms with Gasteiger partial charge in [-0.3, -0.25) is 4.90 Å². The van der Waals surface area contributed by atoms with E-state index in [1.807, 2.05) is 0 Å². The van der Waals surface area contributed by atoms with Crippen molar-refractivity contribution in [2.45, 2.75) is 37.6 Å². The summed E-state index contributed by atoms with van der Waals surface area (Å²) in [5, 5.41) is 0. The van der Waals surface area contributed by atoms with Crippen molar-refractivity contribution >= 4 is 17.3 Å². The second-order valence-corrected chi connectivity index (χ2v) is 6.03. The van der Waals surface area contributed by atoms with Crippen LogP contribution in [0.1, 0.15) is 31.2 Å². The molecule has 0 atom stereocenters. The molecule has 0 unspecified atom stereocenters. The summed E-state index contributed by atoms with van der Waals surface area (Å²) in [6.07, 6.45) is 5.71. The van der Waals surface area contributed by atoms with Crippen molar-refractivity contribution in [3.63, 3.8) is 0 Å². The van der Waals surface area contributed by atoms with Gasteiger partial charge in [0.2, 0.25) is 0 Å². The number of nitrogens with zero attached hydrogens (tertiary/aromatic N) is 2. The number of hydrogen-bond donors (Lipinski definition) is 0. The van der Waals surface area contributed by atoms with Crippen molar-refractivity contribution in [2.75, 3.05) is 31.1 Å². The molecule has 19 heavy (non-hydrogen) atoms. The van der Waals surface area contributed by atoms with E-state index in [4.69, 9.17) is 11.6 Å². The van der Waals surface area contributed by atoms with Gasteiger partial charge in [0, 0.05) is 43.8 Å². The largest absolute Gasteiger partial charge is 0.369 e. The summed E-state index contributed by atoms with van der Waals surface area (Å²) in [6.45, 7) is 4.78. The summed E-state index contributed by atoms with van der Waals surface area (Å²) < 4.78 is 0. The van der Waals surface area contributed by atoms with Crippen molar-refractivity contribution in [1.29, 1.82) is 0 Å². The lowest BCUT2D eigenvalue weighted by Gasteiger charge is -2.39. The van der Waals surface area contributed by atoms with E-state index in [1.54, 1.807) is 0 Å². The van der Waals surface area contributed by atoms with Crippen molar-refractivity contribution in [3.05, 3.63) is 29.8 Å². The third-order valence-electron chi connectivity index (χ3n) is 4.61. The molecule has 0 radical (unpaired) electrons. The van der Waals surface area contributed by atoms with Crippen molar-refractivity contribution in [1.82, 2.24) is 4.90 Å². The van der Waals surface area contributed by atoms with E-state index in [-0.39, 0.29) is 0 Å². The first kappa shape index (κ1) is 13.3. The Morgan fingerprint density at radius 1 is 0.947 bits per heavy atom. The topological polar surface area (TPSA) is 6.48 Å². The molecular formula is C16H23ClN2. The predicted octanol–water partition coefficient (Wildman–Crippen LogP) is 3.49. The first-order valence-corrected chi connectivity index (χ1v) is 8.04. The molecule has 1 aromatic carbocycles. The highest BCUT2D eigenvalue weighted by Crippen LogP contribution is 2.25. The second kappa shape index (κ2) is 6.15. The Balaban J connectivity index is 1.56. The fourth-order valence-corrected chi connectivity index (χ4v) is 3.59. The molecule has 2 fully saturated rings. The van der Waals surface area contributed by atoms with Gasteiger partial charge in [-0.2, -0.15) is 0 Å². The van der Waals surface area contributed by atoms with Gasteiger partial charge >= 0.3 is 0 Å². The number of benzene rings is 1.